The van der Waals surface area contributed by atoms with Gasteiger partial charge in [0.25, 0.3) is 0 Å². The summed E-state index contributed by atoms with van der Waals surface area (Å²) >= 11 is 0. The molecule has 2 aromatic carbocycles. The third-order valence-corrected chi connectivity index (χ3v) is 7.29. The second-order valence-corrected chi connectivity index (χ2v) is 10.4. The highest BCUT2D eigenvalue weighted by atomic mass is 19.4. The van der Waals surface area contributed by atoms with Crippen LogP contribution in [0.1, 0.15) is 48.8 Å². The molecular formula is C32H34F3N5O2. The number of pyridine rings is 1. The van der Waals surface area contributed by atoms with E-state index in [0.717, 1.165) is 43.3 Å². The molecule has 0 saturated carbocycles. The molecular weight excluding hydrogens is 543 g/mol. The zero-order chi connectivity index (χ0) is 29.4. The summed E-state index contributed by atoms with van der Waals surface area (Å²) in [4.78, 5) is 18.5. The molecule has 0 radical (unpaired) electrons. The van der Waals surface area contributed by atoms with E-state index in [0.29, 0.717) is 54.3 Å². The number of aromatic nitrogens is 3. The van der Waals surface area contributed by atoms with Crippen LogP contribution < -0.4 is 10.1 Å². The van der Waals surface area contributed by atoms with Crippen molar-refractivity contribution in [2.24, 2.45) is 0 Å². The van der Waals surface area contributed by atoms with Gasteiger partial charge in [-0.1, -0.05) is 36.4 Å². The molecule has 0 spiro atoms. The van der Waals surface area contributed by atoms with Crippen LogP contribution in [-0.2, 0) is 4.79 Å². The van der Waals surface area contributed by atoms with Crippen LogP contribution in [0.15, 0.2) is 73.1 Å². The van der Waals surface area contributed by atoms with Gasteiger partial charge in [-0.25, -0.2) is 4.98 Å². The number of allylic oxidation sites excluding steroid dienone is 1. The van der Waals surface area contributed by atoms with Gasteiger partial charge in [-0.15, -0.1) is 0 Å². The number of likely N-dealkylation sites (tertiary alicyclic amines) is 1. The van der Waals surface area contributed by atoms with Crippen LogP contribution in [0.4, 0.5) is 13.2 Å². The predicted molar refractivity (Wildman–Crippen MR) is 157 cm³/mol. The van der Waals surface area contributed by atoms with Crippen LogP contribution in [0.5, 0.6) is 5.88 Å². The van der Waals surface area contributed by atoms with Crippen LogP contribution in [0.25, 0.3) is 22.0 Å². The van der Waals surface area contributed by atoms with Crippen molar-refractivity contribution in [3.63, 3.8) is 0 Å². The van der Waals surface area contributed by atoms with E-state index in [1.54, 1.807) is 60.9 Å². The SMILES string of the molecule is O=C(CCCNCCOc1ccc(/C(=C(/CC(F)(F)F)c2ccccc2)c2ccc3[nH]ncc3c2)cn1)N1CCCC1. The molecule has 1 aliphatic rings. The third-order valence-electron chi connectivity index (χ3n) is 7.29. The Morgan fingerprint density at radius 1 is 0.952 bits per heavy atom. The number of H-pyrrole nitrogens is 1. The fourth-order valence-electron chi connectivity index (χ4n) is 5.24. The normalized spacial score (nSPS) is 14.3. The van der Waals surface area contributed by atoms with E-state index >= 15 is 0 Å². The maximum atomic E-state index is 13.9. The van der Waals surface area contributed by atoms with Crippen molar-refractivity contribution < 1.29 is 22.7 Å². The van der Waals surface area contributed by atoms with Crippen molar-refractivity contribution in [1.82, 2.24) is 25.4 Å². The van der Waals surface area contributed by atoms with E-state index in [2.05, 4.69) is 20.5 Å². The molecule has 1 amide bonds. The van der Waals surface area contributed by atoms with Crippen molar-refractivity contribution in [2.45, 2.75) is 38.3 Å². The maximum absolute atomic E-state index is 13.9. The number of carbonyl (C=O) groups is 1. The van der Waals surface area contributed by atoms with E-state index in [-0.39, 0.29) is 11.5 Å². The fraction of sp³-hybridized carbons (Fsp3) is 0.344. The summed E-state index contributed by atoms with van der Waals surface area (Å²) in [5.74, 6) is 0.602. The Balaban J connectivity index is 1.29. The molecule has 1 fully saturated rings. The van der Waals surface area contributed by atoms with Gasteiger partial charge in [-0.2, -0.15) is 18.3 Å². The van der Waals surface area contributed by atoms with E-state index in [9.17, 15) is 18.0 Å². The number of alkyl halides is 3. The number of ether oxygens (including phenoxy) is 1. The summed E-state index contributed by atoms with van der Waals surface area (Å²) in [7, 11) is 0. The van der Waals surface area contributed by atoms with Crippen LogP contribution in [-0.4, -0.2) is 65.0 Å². The van der Waals surface area contributed by atoms with Crippen LogP contribution >= 0.6 is 0 Å². The average Bonchev–Trinajstić information content (AvgIpc) is 3.69. The quantitative estimate of drug-likeness (QED) is 0.154. The Hall–Kier alpha value is -4.18. The van der Waals surface area contributed by atoms with Gasteiger partial charge >= 0.3 is 6.18 Å². The Morgan fingerprint density at radius 3 is 2.48 bits per heavy atom. The molecule has 3 heterocycles. The molecule has 1 aliphatic heterocycles. The van der Waals surface area contributed by atoms with Crippen molar-refractivity contribution in [1.29, 1.82) is 0 Å². The number of amides is 1. The van der Waals surface area contributed by atoms with Gasteiger partial charge < -0.3 is 15.0 Å². The molecule has 42 heavy (non-hydrogen) atoms. The minimum Gasteiger partial charge on any atom is -0.476 e. The van der Waals surface area contributed by atoms with E-state index < -0.39 is 12.6 Å². The van der Waals surface area contributed by atoms with E-state index in [1.807, 2.05) is 17.0 Å². The highest BCUT2D eigenvalue weighted by Crippen LogP contribution is 2.39. The number of hydrogen-bond donors (Lipinski definition) is 2. The average molecular weight is 578 g/mol. The minimum absolute atomic E-state index is 0.161. The molecule has 0 aliphatic carbocycles. The van der Waals surface area contributed by atoms with Gasteiger partial charge in [0.15, 0.2) is 0 Å². The second-order valence-electron chi connectivity index (χ2n) is 10.4. The zero-order valence-electron chi connectivity index (χ0n) is 23.3. The monoisotopic (exact) mass is 577 g/mol. The fourth-order valence-corrected chi connectivity index (χ4v) is 5.24. The van der Waals surface area contributed by atoms with Gasteiger partial charge in [0, 0.05) is 49.3 Å². The number of nitrogens with zero attached hydrogens (tertiary/aromatic N) is 3. The Kier molecular flexibility index (Phi) is 9.53. The number of benzene rings is 2. The highest BCUT2D eigenvalue weighted by molar-refractivity contribution is 6.00. The first-order valence-corrected chi connectivity index (χ1v) is 14.2. The standard InChI is InChI=1S/C32H34F3N5O2/c33-32(34,35)20-27(23-7-2-1-3-8-23)31(24-10-12-28-26(19-24)22-38-39-28)25-11-13-29(37-21-25)42-18-15-36-14-6-9-30(41)40-16-4-5-17-40/h1-3,7-8,10-13,19,21-22,36H,4-6,9,14-18,20H2,(H,38,39)/b31-27-. The molecule has 2 N–H and O–H groups in total. The lowest BCUT2D eigenvalue weighted by Gasteiger charge is -2.19. The van der Waals surface area contributed by atoms with Crippen LogP contribution in [0.2, 0.25) is 0 Å². The van der Waals surface area contributed by atoms with E-state index in [4.69, 9.17) is 4.74 Å². The molecule has 2 aromatic heterocycles. The lowest BCUT2D eigenvalue weighted by molar-refractivity contribution is -0.130. The Labute approximate surface area is 242 Å². The minimum atomic E-state index is -4.42. The lowest BCUT2D eigenvalue weighted by atomic mass is 9.88. The molecule has 1 saturated heterocycles. The maximum Gasteiger partial charge on any atom is 0.393 e. The number of carbonyl (C=O) groups excluding carboxylic acids is 1. The molecule has 10 heteroatoms. The number of aromatic amines is 1. The molecule has 0 atom stereocenters. The van der Waals surface area contributed by atoms with Crippen molar-refractivity contribution >= 4 is 28.0 Å². The zero-order valence-corrected chi connectivity index (χ0v) is 23.3. The number of nitrogens with one attached hydrogen (secondary N) is 2. The first kappa shape index (κ1) is 29.3. The number of fused-ring (bicyclic) bond motifs is 1. The number of halogens is 3. The summed E-state index contributed by atoms with van der Waals surface area (Å²) in [6.07, 6.45) is 1.19. The summed E-state index contributed by atoms with van der Waals surface area (Å²) in [6, 6.07) is 17.5. The first-order valence-electron chi connectivity index (χ1n) is 14.2. The largest absolute Gasteiger partial charge is 0.476 e. The molecule has 4 aromatic rings. The second kappa shape index (κ2) is 13.7. The summed E-state index contributed by atoms with van der Waals surface area (Å²) in [5, 5.41) is 11.0. The van der Waals surface area contributed by atoms with Gasteiger partial charge in [0.1, 0.15) is 6.61 Å². The van der Waals surface area contributed by atoms with Crippen LogP contribution in [0.3, 0.4) is 0 Å². The Bertz CT molecular complexity index is 1490. The van der Waals surface area contributed by atoms with Gasteiger partial charge in [-0.05, 0) is 66.3 Å². The highest BCUT2D eigenvalue weighted by Gasteiger charge is 2.31. The van der Waals surface area contributed by atoms with Crippen molar-refractivity contribution in [3.8, 4) is 5.88 Å². The molecule has 5 rings (SSSR count). The third kappa shape index (κ3) is 7.76. The first-order chi connectivity index (χ1) is 20.4. The molecule has 7 nitrogen and oxygen atoms in total. The van der Waals surface area contributed by atoms with Gasteiger partial charge in [-0.3, -0.25) is 9.89 Å². The lowest BCUT2D eigenvalue weighted by Crippen LogP contribution is -2.29. The molecule has 0 unspecified atom stereocenters. The summed E-state index contributed by atoms with van der Waals surface area (Å²) < 4.78 is 47.5. The number of rotatable bonds is 12. The van der Waals surface area contributed by atoms with Crippen molar-refractivity contribution in [3.05, 3.63) is 89.7 Å². The van der Waals surface area contributed by atoms with Crippen molar-refractivity contribution in [2.75, 3.05) is 32.8 Å². The topological polar surface area (TPSA) is 83.1 Å². The van der Waals surface area contributed by atoms with Gasteiger partial charge in [0.2, 0.25) is 11.8 Å². The predicted octanol–water partition coefficient (Wildman–Crippen LogP) is 6.24. The molecule has 220 valence electrons. The van der Waals surface area contributed by atoms with Gasteiger partial charge in [0.05, 0.1) is 18.1 Å². The summed E-state index contributed by atoms with van der Waals surface area (Å²) in [5.41, 5.74) is 3.08. The molecule has 0 bridgehead atoms. The van der Waals surface area contributed by atoms with E-state index in [1.165, 1.54) is 0 Å². The Morgan fingerprint density at radius 2 is 1.74 bits per heavy atom. The van der Waals surface area contributed by atoms with Crippen LogP contribution in [0, 0.1) is 0 Å². The number of hydrogen-bond acceptors (Lipinski definition) is 5. The smallest absolute Gasteiger partial charge is 0.393 e. The summed E-state index contributed by atoms with van der Waals surface area (Å²) in [6.45, 7) is 3.42.